The Hall–Kier alpha value is -2.67. The number of nitrogens with one attached hydrogen (secondary N) is 1. The van der Waals surface area contributed by atoms with Gasteiger partial charge in [-0.3, -0.25) is 15.2 Å². The van der Waals surface area contributed by atoms with Crippen molar-refractivity contribution in [1.82, 2.24) is 15.4 Å². The Bertz CT molecular complexity index is 674. The van der Waals surface area contributed by atoms with Gasteiger partial charge in [0.15, 0.2) is 0 Å². The van der Waals surface area contributed by atoms with E-state index in [0.29, 0.717) is 22.8 Å². The van der Waals surface area contributed by atoms with Crippen molar-refractivity contribution in [3.63, 3.8) is 0 Å². The SMILES string of the molecule is COc1ccc(-c2cncc(C(=O)NN)n2)c(OC(C)C)c1. The van der Waals surface area contributed by atoms with E-state index in [2.05, 4.69) is 9.97 Å². The Morgan fingerprint density at radius 3 is 2.73 bits per heavy atom. The summed E-state index contributed by atoms with van der Waals surface area (Å²) in [6.45, 7) is 3.85. The third kappa shape index (κ3) is 3.50. The highest BCUT2D eigenvalue weighted by Gasteiger charge is 2.14. The van der Waals surface area contributed by atoms with Gasteiger partial charge in [-0.1, -0.05) is 0 Å². The van der Waals surface area contributed by atoms with Crippen LogP contribution in [-0.2, 0) is 0 Å². The van der Waals surface area contributed by atoms with E-state index in [9.17, 15) is 4.79 Å². The summed E-state index contributed by atoms with van der Waals surface area (Å²) >= 11 is 0. The van der Waals surface area contributed by atoms with Crippen LogP contribution in [0.25, 0.3) is 11.3 Å². The molecule has 116 valence electrons. The fourth-order valence-electron chi connectivity index (χ4n) is 1.87. The lowest BCUT2D eigenvalue weighted by molar-refractivity contribution is 0.0948. The van der Waals surface area contributed by atoms with Gasteiger partial charge in [-0.25, -0.2) is 10.8 Å². The Morgan fingerprint density at radius 1 is 1.32 bits per heavy atom. The zero-order valence-electron chi connectivity index (χ0n) is 12.7. The van der Waals surface area contributed by atoms with Crippen LogP contribution in [0.4, 0.5) is 0 Å². The number of benzene rings is 1. The summed E-state index contributed by atoms with van der Waals surface area (Å²) in [5.41, 5.74) is 3.39. The molecule has 1 aromatic heterocycles. The van der Waals surface area contributed by atoms with Crippen LogP contribution in [-0.4, -0.2) is 29.1 Å². The number of carbonyl (C=O) groups excluding carboxylic acids is 1. The number of hydrazine groups is 1. The van der Waals surface area contributed by atoms with Crippen LogP contribution in [0.3, 0.4) is 0 Å². The molecule has 1 amide bonds. The van der Waals surface area contributed by atoms with Gasteiger partial charge in [0, 0.05) is 11.6 Å². The monoisotopic (exact) mass is 302 g/mol. The molecular weight excluding hydrogens is 284 g/mol. The molecule has 0 bridgehead atoms. The summed E-state index contributed by atoms with van der Waals surface area (Å²) in [5.74, 6) is 5.89. The molecule has 7 nitrogen and oxygen atoms in total. The predicted octanol–water partition coefficient (Wildman–Crippen LogP) is 1.54. The van der Waals surface area contributed by atoms with E-state index in [1.54, 1.807) is 25.4 Å². The normalized spacial score (nSPS) is 10.4. The first kappa shape index (κ1) is 15.7. The molecule has 0 unspecified atom stereocenters. The number of amides is 1. The van der Waals surface area contributed by atoms with Crippen LogP contribution in [0.2, 0.25) is 0 Å². The minimum atomic E-state index is -0.505. The first-order valence-electron chi connectivity index (χ1n) is 6.73. The predicted molar refractivity (Wildman–Crippen MR) is 81.4 cm³/mol. The van der Waals surface area contributed by atoms with Gasteiger partial charge in [0.25, 0.3) is 5.91 Å². The van der Waals surface area contributed by atoms with E-state index < -0.39 is 5.91 Å². The summed E-state index contributed by atoms with van der Waals surface area (Å²) in [6.07, 6.45) is 2.88. The molecule has 2 rings (SSSR count). The Labute approximate surface area is 128 Å². The molecule has 0 aliphatic carbocycles. The third-order valence-electron chi connectivity index (χ3n) is 2.83. The molecule has 0 aliphatic rings. The molecule has 2 aromatic rings. The van der Waals surface area contributed by atoms with Gasteiger partial charge >= 0.3 is 0 Å². The summed E-state index contributed by atoms with van der Waals surface area (Å²) in [6, 6.07) is 5.37. The van der Waals surface area contributed by atoms with Crippen molar-refractivity contribution >= 4 is 5.91 Å². The lowest BCUT2D eigenvalue weighted by atomic mass is 10.1. The lowest BCUT2D eigenvalue weighted by Gasteiger charge is -2.15. The summed E-state index contributed by atoms with van der Waals surface area (Å²) in [7, 11) is 1.58. The van der Waals surface area contributed by atoms with Gasteiger partial charge in [-0.15, -0.1) is 0 Å². The van der Waals surface area contributed by atoms with Gasteiger partial charge in [0.1, 0.15) is 17.2 Å². The quantitative estimate of drug-likeness (QED) is 0.494. The average molecular weight is 302 g/mol. The molecule has 0 aliphatic heterocycles. The van der Waals surface area contributed by atoms with Gasteiger partial charge in [-0.05, 0) is 26.0 Å². The second-order valence-corrected chi connectivity index (χ2v) is 4.79. The molecule has 0 saturated carbocycles. The fraction of sp³-hybridized carbons (Fsp3) is 0.267. The number of aromatic nitrogens is 2. The van der Waals surface area contributed by atoms with Crippen LogP contribution in [0.15, 0.2) is 30.6 Å². The first-order valence-corrected chi connectivity index (χ1v) is 6.73. The number of nitrogens with zero attached hydrogens (tertiary/aromatic N) is 2. The number of nitrogens with two attached hydrogens (primary N) is 1. The molecule has 1 heterocycles. The zero-order valence-corrected chi connectivity index (χ0v) is 12.7. The third-order valence-corrected chi connectivity index (χ3v) is 2.83. The highest BCUT2D eigenvalue weighted by Crippen LogP contribution is 2.32. The summed E-state index contributed by atoms with van der Waals surface area (Å²) < 4.78 is 11.0. The van der Waals surface area contributed by atoms with Crippen molar-refractivity contribution in [3.05, 3.63) is 36.3 Å². The second kappa shape index (κ2) is 6.86. The molecule has 0 spiro atoms. The van der Waals surface area contributed by atoms with Gasteiger partial charge in [0.2, 0.25) is 0 Å². The minimum absolute atomic E-state index is 0.0191. The van der Waals surface area contributed by atoms with Crippen molar-refractivity contribution < 1.29 is 14.3 Å². The van der Waals surface area contributed by atoms with Crippen LogP contribution in [0.1, 0.15) is 24.3 Å². The van der Waals surface area contributed by atoms with Crippen LogP contribution in [0, 0.1) is 0 Å². The second-order valence-electron chi connectivity index (χ2n) is 4.79. The first-order chi connectivity index (χ1) is 10.5. The molecule has 3 N–H and O–H groups in total. The Kier molecular flexibility index (Phi) is 4.90. The fourth-order valence-corrected chi connectivity index (χ4v) is 1.87. The molecule has 0 radical (unpaired) electrons. The molecule has 22 heavy (non-hydrogen) atoms. The average Bonchev–Trinajstić information content (AvgIpc) is 2.53. The number of hydrogen-bond acceptors (Lipinski definition) is 6. The van der Waals surface area contributed by atoms with E-state index in [0.717, 1.165) is 0 Å². The van der Waals surface area contributed by atoms with E-state index in [4.69, 9.17) is 15.3 Å². The van der Waals surface area contributed by atoms with Gasteiger partial charge < -0.3 is 9.47 Å². The van der Waals surface area contributed by atoms with E-state index in [1.807, 2.05) is 25.3 Å². The molecule has 0 atom stereocenters. The largest absolute Gasteiger partial charge is 0.497 e. The number of carbonyl (C=O) groups is 1. The van der Waals surface area contributed by atoms with Crippen LogP contribution in [0.5, 0.6) is 11.5 Å². The molecule has 0 fully saturated rings. The summed E-state index contributed by atoms with van der Waals surface area (Å²) in [4.78, 5) is 19.9. The molecule has 7 heteroatoms. The molecule has 0 saturated heterocycles. The van der Waals surface area contributed by atoms with Crippen LogP contribution < -0.4 is 20.7 Å². The van der Waals surface area contributed by atoms with Crippen molar-refractivity contribution in [1.29, 1.82) is 0 Å². The van der Waals surface area contributed by atoms with Crippen molar-refractivity contribution in [2.75, 3.05) is 7.11 Å². The summed E-state index contributed by atoms with van der Waals surface area (Å²) in [5, 5.41) is 0. The van der Waals surface area contributed by atoms with Crippen molar-refractivity contribution in [3.8, 4) is 22.8 Å². The van der Waals surface area contributed by atoms with Crippen molar-refractivity contribution in [2.45, 2.75) is 20.0 Å². The Balaban J connectivity index is 2.49. The van der Waals surface area contributed by atoms with E-state index >= 15 is 0 Å². The number of hydrogen-bond donors (Lipinski definition) is 2. The number of ether oxygens (including phenoxy) is 2. The molecular formula is C15H18N4O3. The number of rotatable bonds is 5. The highest BCUT2D eigenvalue weighted by molar-refractivity contribution is 5.92. The maximum absolute atomic E-state index is 11.6. The molecule has 1 aromatic carbocycles. The topological polar surface area (TPSA) is 99.4 Å². The lowest BCUT2D eigenvalue weighted by Crippen LogP contribution is -2.30. The van der Waals surface area contributed by atoms with Crippen LogP contribution >= 0.6 is 0 Å². The zero-order chi connectivity index (χ0) is 16.1. The van der Waals surface area contributed by atoms with Gasteiger partial charge in [0.05, 0.1) is 31.3 Å². The van der Waals surface area contributed by atoms with E-state index in [1.165, 1.54) is 6.20 Å². The maximum atomic E-state index is 11.6. The van der Waals surface area contributed by atoms with E-state index in [-0.39, 0.29) is 11.8 Å². The maximum Gasteiger partial charge on any atom is 0.285 e. The number of methoxy groups -OCH3 is 1. The Morgan fingerprint density at radius 2 is 2.09 bits per heavy atom. The highest BCUT2D eigenvalue weighted by atomic mass is 16.5. The standard InChI is InChI=1S/C15H18N4O3/c1-9(2)22-14-6-10(21-3)4-5-11(14)12-7-17-8-13(18-12)15(20)19-16/h4-9H,16H2,1-3H3,(H,19,20). The number of nitrogen functional groups attached to an aromatic ring is 1. The van der Waals surface area contributed by atoms with Gasteiger partial charge in [-0.2, -0.15) is 0 Å². The minimum Gasteiger partial charge on any atom is -0.497 e. The smallest absolute Gasteiger partial charge is 0.285 e. The van der Waals surface area contributed by atoms with Crippen molar-refractivity contribution in [2.24, 2.45) is 5.84 Å².